The number of ether oxygens (including phenoxy) is 1. The molecule has 2 heterocycles. The molecular weight excluding hydrogens is 323 g/mol. The molecule has 0 atom stereocenters. The molecule has 0 unspecified atom stereocenters. The minimum absolute atomic E-state index is 0.0935. The van der Waals surface area contributed by atoms with Crippen LogP contribution in [0.25, 0.3) is 0 Å². The van der Waals surface area contributed by atoms with E-state index in [9.17, 15) is 14.0 Å². The predicted molar refractivity (Wildman–Crippen MR) is 91.7 cm³/mol. The normalized spacial score (nSPS) is 18.5. The van der Waals surface area contributed by atoms with E-state index in [-0.39, 0.29) is 17.8 Å². The number of amides is 2. The molecule has 2 aliphatic rings. The summed E-state index contributed by atoms with van der Waals surface area (Å²) < 4.78 is 19.3. The van der Waals surface area contributed by atoms with E-state index < -0.39 is 5.60 Å². The van der Waals surface area contributed by atoms with Crippen LogP contribution < -0.4 is 0 Å². The van der Waals surface area contributed by atoms with Gasteiger partial charge in [0.15, 0.2) is 0 Å². The summed E-state index contributed by atoms with van der Waals surface area (Å²) in [4.78, 5) is 28.0. The third kappa shape index (κ3) is 3.94. The van der Waals surface area contributed by atoms with Crippen LogP contribution in [0, 0.1) is 11.7 Å². The van der Waals surface area contributed by atoms with Gasteiger partial charge in [-0.2, -0.15) is 0 Å². The Hall–Kier alpha value is -2.11. The summed E-state index contributed by atoms with van der Waals surface area (Å²) in [7, 11) is 0. The Morgan fingerprint density at radius 3 is 2.56 bits per heavy atom. The summed E-state index contributed by atoms with van der Waals surface area (Å²) >= 11 is 0. The molecular formula is C19H25FN2O3. The topological polar surface area (TPSA) is 49.9 Å². The van der Waals surface area contributed by atoms with Gasteiger partial charge in [0.2, 0.25) is 0 Å². The van der Waals surface area contributed by atoms with Gasteiger partial charge < -0.3 is 14.5 Å². The highest BCUT2D eigenvalue weighted by atomic mass is 19.1. The molecule has 25 heavy (non-hydrogen) atoms. The Morgan fingerprint density at radius 2 is 1.96 bits per heavy atom. The summed E-state index contributed by atoms with van der Waals surface area (Å²) in [6, 6.07) is 4.66. The zero-order valence-corrected chi connectivity index (χ0v) is 15.0. The molecule has 0 saturated carbocycles. The van der Waals surface area contributed by atoms with Crippen LogP contribution in [-0.4, -0.2) is 47.0 Å². The Balaban J connectivity index is 1.53. The third-order valence-electron chi connectivity index (χ3n) is 4.73. The molecule has 3 rings (SSSR count). The van der Waals surface area contributed by atoms with Gasteiger partial charge in [-0.15, -0.1) is 0 Å². The van der Waals surface area contributed by atoms with Crippen molar-refractivity contribution in [2.24, 2.45) is 5.92 Å². The first-order valence-electron chi connectivity index (χ1n) is 8.79. The minimum atomic E-state index is -0.494. The lowest BCUT2D eigenvalue weighted by Crippen LogP contribution is -2.43. The van der Waals surface area contributed by atoms with Crippen molar-refractivity contribution in [1.29, 1.82) is 0 Å². The average molecular weight is 348 g/mol. The molecule has 2 amide bonds. The zero-order chi connectivity index (χ0) is 18.2. The summed E-state index contributed by atoms with van der Waals surface area (Å²) in [6.45, 7) is 7.77. The second kappa shape index (κ2) is 6.65. The maximum atomic E-state index is 13.9. The summed E-state index contributed by atoms with van der Waals surface area (Å²) in [5.74, 6) is -0.0859. The lowest BCUT2D eigenvalue weighted by Gasteiger charge is -2.34. The first kappa shape index (κ1) is 17.7. The number of hydrogen-bond donors (Lipinski definition) is 0. The van der Waals surface area contributed by atoms with Gasteiger partial charge in [-0.3, -0.25) is 4.79 Å². The Morgan fingerprint density at radius 1 is 1.28 bits per heavy atom. The van der Waals surface area contributed by atoms with Crippen molar-refractivity contribution in [3.8, 4) is 0 Å². The molecule has 1 fully saturated rings. The van der Waals surface area contributed by atoms with Gasteiger partial charge >= 0.3 is 6.09 Å². The van der Waals surface area contributed by atoms with Crippen molar-refractivity contribution in [2.75, 3.05) is 19.6 Å². The Bertz CT molecular complexity index is 676. The van der Waals surface area contributed by atoms with Crippen LogP contribution in [0.3, 0.4) is 0 Å². The van der Waals surface area contributed by atoms with E-state index in [0.29, 0.717) is 43.2 Å². The van der Waals surface area contributed by atoms with Crippen LogP contribution in [0.2, 0.25) is 0 Å². The summed E-state index contributed by atoms with van der Waals surface area (Å²) in [5, 5.41) is 0. The summed E-state index contributed by atoms with van der Waals surface area (Å²) in [6.07, 6.45) is 1.36. The molecule has 0 aromatic heterocycles. The lowest BCUT2D eigenvalue weighted by molar-refractivity contribution is 0.0167. The van der Waals surface area contributed by atoms with Gasteiger partial charge in [-0.05, 0) is 51.7 Å². The Labute approximate surface area is 147 Å². The molecule has 2 aliphatic heterocycles. The number of carbonyl (C=O) groups excluding carboxylic acids is 2. The van der Waals surface area contributed by atoms with E-state index in [0.717, 1.165) is 12.8 Å². The third-order valence-corrected chi connectivity index (χ3v) is 4.73. The number of rotatable bonds is 2. The monoisotopic (exact) mass is 348 g/mol. The van der Waals surface area contributed by atoms with Gasteiger partial charge in [0, 0.05) is 37.3 Å². The van der Waals surface area contributed by atoms with Crippen LogP contribution in [0.4, 0.5) is 9.18 Å². The van der Waals surface area contributed by atoms with E-state index in [1.165, 1.54) is 6.07 Å². The highest BCUT2D eigenvalue weighted by Crippen LogP contribution is 2.28. The fourth-order valence-electron chi connectivity index (χ4n) is 3.44. The molecule has 6 heteroatoms. The number of piperidine rings is 1. The van der Waals surface area contributed by atoms with Crippen LogP contribution >= 0.6 is 0 Å². The SMILES string of the molecule is CC(C)(C)OC(=O)N1CCC(CN2Cc3c(F)cccc3C2=O)CC1. The molecule has 0 radical (unpaired) electrons. The van der Waals surface area contributed by atoms with E-state index in [1.54, 1.807) is 21.9 Å². The number of halogens is 1. The molecule has 0 spiro atoms. The van der Waals surface area contributed by atoms with Crippen molar-refractivity contribution in [3.63, 3.8) is 0 Å². The molecule has 0 N–H and O–H groups in total. The second-order valence-corrected chi connectivity index (χ2v) is 7.86. The van der Waals surface area contributed by atoms with Crippen LogP contribution in [0.15, 0.2) is 18.2 Å². The molecule has 136 valence electrons. The molecule has 5 nitrogen and oxygen atoms in total. The number of hydrogen-bond acceptors (Lipinski definition) is 3. The van der Waals surface area contributed by atoms with E-state index in [1.807, 2.05) is 20.8 Å². The fourth-order valence-corrected chi connectivity index (χ4v) is 3.44. The highest BCUT2D eigenvalue weighted by molar-refractivity contribution is 5.98. The Kier molecular flexibility index (Phi) is 4.71. The van der Waals surface area contributed by atoms with Crippen LogP contribution in [-0.2, 0) is 11.3 Å². The van der Waals surface area contributed by atoms with Gasteiger partial charge in [0.25, 0.3) is 5.91 Å². The van der Waals surface area contributed by atoms with E-state index >= 15 is 0 Å². The van der Waals surface area contributed by atoms with Crippen molar-refractivity contribution < 1.29 is 18.7 Å². The quantitative estimate of drug-likeness (QED) is 0.823. The molecule has 0 bridgehead atoms. The number of benzene rings is 1. The standard InChI is InChI=1S/C19H25FN2O3/c1-19(2,3)25-18(24)21-9-7-13(8-10-21)11-22-12-15-14(17(22)23)5-4-6-16(15)20/h4-6,13H,7-12H2,1-3H3. The maximum absolute atomic E-state index is 13.9. The first-order valence-corrected chi connectivity index (χ1v) is 8.79. The molecule has 1 aromatic carbocycles. The van der Waals surface area contributed by atoms with Crippen molar-refractivity contribution in [3.05, 3.63) is 35.1 Å². The number of likely N-dealkylation sites (tertiary alicyclic amines) is 1. The average Bonchev–Trinajstić information content (AvgIpc) is 2.85. The number of fused-ring (bicyclic) bond motifs is 1. The second-order valence-electron chi connectivity index (χ2n) is 7.86. The molecule has 1 aromatic rings. The molecule has 0 aliphatic carbocycles. The van der Waals surface area contributed by atoms with Crippen LogP contribution in [0.1, 0.15) is 49.5 Å². The highest BCUT2D eigenvalue weighted by Gasteiger charge is 2.33. The largest absolute Gasteiger partial charge is 0.444 e. The zero-order valence-electron chi connectivity index (χ0n) is 15.0. The number of nitrogens with zero attached hydrogens (tertiary/aromatic N) is 2. The van der Waals surface area contributed by atoms with Crippen molar-refractivity contribution >= 4 is 12.0 Å². The first-order chi connectivity index (χ1) is 11.7. The van der Waals surface area contributed by atoms with Gasteiger partial charge in [-0.1, -0.05) is 6.07 Å². The number of carbonyl (C=O) groups is 2. The minimum Gasteiger partial charge on any atom is -0.444 e. The fraction of sp³-hybridized carbons (Fsp3) is 0.579. The van der Waals surface area contributed by atoms with Gasteiger partial charge in [-0.25, -0.2) is 9.18 Å². The van der Waals surface area contributed by atoms with Crippen LogP contribution in [0.5, 0.6) is 0 Å². The van der Waals surface area contributed by atoms with Crippen molar-refractivity contribution in [1.82, 2.24) is 9.80 Å². The van der Waals surface area contributed by atoms with Gasteiger partial charge in [0.1, 0.15) is 11.4 Å². The van der Waals surface area contributed by atoms with E-state index in [2.05, 4.69) is 0 Å². The molecule has 1 saturated heterocycles. The smallest absolute Gasteiger partial charge is 0.410 e. The predicted octanol–water partition coefficient (Wildman–Crippen LogP) is 3.43. The maximum Gasteiger partial charge on any atom is 0.410 e. The van der Waals surface area contributed by atoms with Crippen molar-refractivity contribution in [2.45, 2.75) is 45.8 Å². The summed E-state index contributed by atoms with van der Waals surface area (Å²) in [5.41, 5.74) is 0.482. The lowest BCUT2D eigenvalue weighted by atomic mass is 9.96. The van der Waals surface area contributed by atoms with Gasteiger partial charge in [0.05, 0.1) is 0 Å². The van der Waals surface area contributed by atoms with E-state index in [4.69, 9.17) is 4.74 Å².